The summed E-state index contributed by atoms with van der Waals surface area (Å²) in [5.41, 5.74) is 5.30. The average Bonchev–Trinajstić information content (AvgIpc) is 2.16. The van der Waals surface area contributed by atoms with Gasteiger partial charge in [-0.25, -0.2) is 8.42 Å². The van der Waals surface area contributed by atoms with Crippen molar-refractivity contribution >= 4 is 15.9 Å². The first-order valence-electron chi connectivity index (χ1n) is 5.73. The van der Waals surface area contributed by atoms with Crippen molar-refractivity contribution in [2.24, 2.45) is 5.73 Å². The first-order chi connectivity index (χ1) is 7.79. The van der Waals surface area contributed by atoms with Gasteiger partial charge in [0.1, 0.15) is 0 Å². The first-order valence-corrected chi connectivity index (χ1v) is 7.34. The average molecular weight is 265 g/mol. The van der Waals surface area contributed by atoms with E-state index in [1.54, 1.807) is 0 Å². The molecular formula is C10H23N3O3S. The molecule has 0 rings (SSSR count). The van der Waals surface area contributed by atoms with E-state index in [0.29, 0.717) is 19.4 Å². The topological polar surface area (TPSA) is 92.5 Å². The van der Waals surface area contributed by atoms with Crippen LogP contribution in [-0.2, 0) is 14.8 Å². The number of nitrogens with one attached hydrogen (secondary N) is 1. The number of hydrogen-bond donors (Lipinski definition) is 2. The maximum absolute atomic E-state index is 11.7. The van der Waals surface area contributed by atoms with Crippen LogP contribution in [0, 0.1) is 0 Å². The van der Waals surface area contributed by atoms with E-state index in [2.05, 4.69) is 5.32 Å². The van der Waals surface area contributed by atoms with Crippen molar-refractivity contribution in [2.45, 2.75) is 32.7 Å². The van der Waals surface area contributed by atoms with Gasteiger partial charge in [0.25, 0.3) is 0 Å². The van der Waals surface area contributed by atoms with Crippen molar-refractivity contribution < 1.29 is 13.2 Å². The SMILES string of the molecule is CC(C)NC(=O)CN(C)S(=O)(=O)CCCCN. The highest BCUT2D eigenvalue weighted by atomic mass is 32.2. The molecule has 0 spiro atoms. The maximum atomic E-state index is 11.7. The minimum absolute atomic E-state index is 0.0100. The second-order valence-electron chi connectivity index (χ2n) is 4.29. The van der Waals surface area contributed by atoms with E-state index in [1.165, 1.54) is 7.05 Å². The summed E-state index contributed by atoms with van der Waals surface area (Å²) in [4.78, 5) is 11.4. The van der Waals surface area contributed by atoms with Gasteiger partial charge in [-0.15, -0.1) is 0 Å². The Kier molecular flexibility index (Phi) is 7.33. The van der Waals surface area contributed by atoms with E-state index in [1.807, 2.05) is 13.8 Å². The van der Waals surface area contributed by atoms with Gasteiger partial charge < -0.3 is 11.1 Å². The largest absolute Gasteiger partial charge is 0.353 e. The van der Waals surface area contributed by atoms with Gasteiger partial charge >= 0.3 is 0 Å². The standard InChI is InChI=1S/C10H23N3O3S/c1-9(2)12-10(14)8-13(3)17(15,16)7-5-4-6-11/h9H,4-8,11H2,1-3H3,(H,12,14). The van der Waals surface area contributed by atoms with E-state index >= 15 is 0 Å². The van der Waals surface area contributed by atoms with E-state index in [4.69, 9.17) is 5.73 Å². The van der Waals surface area contributed by atoms with Crippen LogP contribution in [0.2, 0.25) is 0 Å². The number of likely N-dealkylation sites (N-methyl/N-ethyl adjacent to an activating group) is 1. The second kappa shape index (κ2) is 7.62. The van der Waals surface area contributed by atoms with Crippen molar-refractivity contribution in [2.75, 3.05) is 25.9 Å². The smallest absolute Gasteiger partial charge is 0.235 e. The van der Waals surface area contributed by atoms with Gasteiger partial charge in [-0.05, 0) is 33.2 Å². The maximum Gasteiger partial charge on any atom is 0.235 e. The van der Waals surface area contributed by atoms with E-state index < -0.39 is 10.0 Å². The molecule has 0 bridgehead atoms. The molecule has 0 aromatic heterocycles. The Morgan fingerprint density at radius 2 is 1.94 bits per heavy atom. The highest BCUT2D eigenvalue weighted by Crippen LogP contribution is 2.01. The number of unbranched alkanes of at least 4 members (excludes halogenated alkanes) is 1. The molecule has 0 heterocycles. The number of carbonyl (C=O) groups is 1. The van der Waals surface area contributed by atoms with E-state index in [-0.39, 0.29) is 24.2 Å². The lowest BCUT2D eigenvalue weighted by molar-refractivity contribution is -0.121. The number of rotatable bonds is 8. The molecular weight excluding hydrogens is 242 g/mol. The van der Waals surface area contributed by atoms with Crippen LogP contribution in [0.3, 0.4) is 0 Å². The Morgan fingerprint density at radius 1 is 1.35 bits per heavy atom. The first kappa shape index (κ1) is 16.3. The van der Waals surface area contributed by atoms with Crippen LogP contribution in [0.4, 0.5) is 0 Å². The van der Waals surface area contributed by atoms with Gasteiger partial charge in [0.05, 0.1) is 12.3 Å². The number of carbonyl (C=O) groups excluding carboxylic acids is 1. The number of sulfonamides is 1. The lowest BCUT2D eigenvalue weighted by Crippen LogP contribution is -2.41. The van der Waals surface area contributed by atoms with Crippen molar-refractivity contribution in [3.8, 4) is 0 Å². The molecule has 0 aliphatic heterocycles. The van der Waals surface area contributed by atoms with Crippen LogP contribution in [0.15, 0.2) is 0 Å². The number of nitrogens with two attached hydrogens (primary N) is 1. The van der Waals surface area contributed by atoms with Gasteiger partial charge in [0, 0.05) is 13.1 Å². The summed E-state index contributed by atoms with van der Waals surface area (Å²) in [6.45, 7) is 4.00. The number of nitrogens with zero attached hydrogens (tertiary/aromatic N) is 1. The summed E-state index contributed by atoms with van der Waals surface area (Å²) in [6.07, 6.45) is 1.19. The van der Waals surface area contributed by atoms with Crippen LogP contribution < -0.4 is 11.1 Å². The third-order valence-corrected chi connectivity index (χ3v) is 4.03. The van der Waals surface area contributed by atoms with E-state index in [9.17, 15) is 13.2 Å². The molecule has 0 saturated heterocycles. The monoisotopic (exact) mass is 265 g/mol. The molecule has 0 fully saturated rings. The summed E-state index contributed by atoms with van der Waals surface area (Å²) in [5.74, 6) is -0.250. The van der Waals surface area contributed by atoms with Gasteiger partial charge in [-0.1, -0.05) is 0 Å². The fourth-order valence-corrected chi connectivity index (χ4v) is 2.45. The molecule has 0 saturated carbocycles. The summed E-state index contributed by atoms with van der Waals surface area (Å²) in [7, 11) is -1.93. The third-order valence-electron chi connectivity index (χ3n) is 2.15. The van der Waals surface area contributed by atoms with Crippen LogP contribution in [0.1, 0.15) is 26.7 Å². The minimum atomic E-state index is -3.35. The van der Waals surface area contributed by atoms with Crippen molar-refractivity contribution in [3.63, 3.8) is 0 Å². The van der Waals surface area contributed by atoms with Crippen molar-refractivity contribution in [1.82, 2.24) is 9.62 Å². The summed E-state index contributed by atoms with van der Waals surface area (Å²) < 4.78 is 24.5. The predicted molar refractivity (Wildman–Crippen MR) is 68.0 cm³/mol. The predicted octanol–water partition coefficient (Wildman–Crippen LogP) is -0.488. The normalized spacial score (nSPS) is 12.1. The lowest BCUT2D eigenvalue weighted by atomic mass is 10.3. The molecule has 7 heteroatoms. The molecule has 17 heavy (non-hydrogen) atoms. The molecule has 1 amide bonds. The molecule has 0 unspecified atom stereocenters. The molecule has 0 aliphatic carbocycles. The zero-order valence-corrected chi connectivity index (χ0v) is 11.6. The Hall–Kier alpha value is -0.660. The fraction of sp³-hybridized carbons (Fsp3) is 0.900. The lowest BCUT2D eigenvalue weighted by Gasteiger charge is -2.17. The molecule has 6 nitrogen and oxygen atoms in total. The fourth-order valence-electron chi connectivity index (χ4n) is 1.25. The quantitative estimate of drug-likeness (QED) is 0.579. The number of hydrogen-bond acceptors (Lipinski definition) is 4. The van der Waals surface area contributed by atoms with Gasteiger partial charge in [-0.2, -0.15) is 4.31 Å². The molecule has 0 aromatic rings. The highest BCUT2D eigenvalue weighted by molar-refractivity contribution is 7.89. The molecule has 0 aliphatic rings. The molecule has 0 aromatic carbocycles. The van der Waals surface area contributed by atoms with Crippen LogP contribution in [0.25, 0.3) is 0 Å². The third kappa shape index (κ3) is 7.30. The Balaban J connectivity index is 4.19. The summed E-state index contributed by atoms with van der Waals surface area (Å²) in [6, 6.07) is 0.0100. The Morgan fingerprint density at radius 3 is 2.41 bits per heavy atom. The highest BCUT2D eigenvalue weighted by Gasteiger charge is 2.19. The Labute approximate surface area is 104 Å². The van der Waals surface area contributed by atoms with Crippen molar-refractivity contribution in [3.05, 3.63) is 0 Å². The molecule has 0 atom stereocenters. The molecule has 3 N–H and O–H groups in total. The minimum Gasteiger partial charge on any atom is -0.353 e. The van der Waals surface area contributed by atoms with Crippen molar-refractivity contribution in [1.29, 1.82) is 0 Å². The van der Waals surface area contributed by atoms with E-state index in [0.717, 1.165) is 4.31 Å². The zero-order valence-electron chi connectivity index (χ0n) is 10.8. The number of amides is 1. The molecule has 102 valence electrons. The second-order valence-corrected chi connectivity index (χ2v) is 6.49. The van der Waals surface area contributed by atoms with Gasteiger partial charge in [-0.3, -0.25) is 4.79 Å². The van der Waals surface area contributed by atoms with Crippen LogP contribution >= 0.6 is 0 Å². The summed E-state index contributed by atoms with van der Waals surface area (Å²) >= 11 is 0. The summed E-state index contributed by atoms with van der Waals surface area (Å²) in [5, 5.41) is 2.65. The Bertz CT molecular complexity index is 328. The molecule has 0 radical (unpaired) electrons. The van der Waals surface area contributed by atoms with Crippen LogP contribution in [0.5, 0.6) is 0 Å². The van der Waals surface area contributed by atoms with Crippen LogP contribution in [-0.4, -0.2) is 50.6 Å². The van der Waals surface area contributed by atoms with Gasteiger partial charge in [0.15, 0.2) is 0 Å². The zero-order chi connectivity index (χ0) is 13.5. The van der Waals surface area contributed by atoms with Gasteiger partial charge in [0.2, 0.25) is 15.9 Å².